The molecule has 10 heteroatoms. The van der Waals surface area contributed by atoms with E-state index in [4.69, 9.17) is 32.0 Å². The van der Waals surface area contributed by atoms with Crippen LogP contribution in [0.2, 0.25) is 5.02 Å². The van der Waals surface area contributed by atoms with Crippen LogP contribution in [0.5, 0.6) is 5.75 Å². The molecule has 0 aliphatic carbocycles. The van der Waals surface area contributed by atoms with Crippen molar-refractivity contribution in [1.82, 2.24) is 20.6 Å². The number of aliphatic hydroxyl groups is 1. The van der Waals surface area contributed by atoms with Crippen molar-refractivity contribution < 1.29 is 14.6 Å². The fraction of sp³-hybridized carbons (Fsp3) is 0.500. The summed E-state index contributed by atoms with van der Waals surface area (Å²) in [6.07, 6.45) is 1.31. The predicted octanol–water partition coefficient (Wildman–Crippen LogP) is 2.53. The zero-order valence-electron chi connectivity index (χ0n) is 21.7. The quantitative estimate of drug-likeness (QED) is 0.352. The van der Waals surface area contributed by atoms with Gasteiger partial charge in [-0.1, -0.05) is 11.6 Å². The van der Waals surface area contributed by atoms with Crippen LogP contribution in [-0.2, 0) is 4.79 Å². The van der Waals surface area contributed by atoms with Crippen LogP contribution in [0.3, 0.4) is 0 Å². The van der Waals surface area contributed by atoms with E-state index in [0.29, 0.717) is 51.7 Å². The minimum absolute atomic E-state index is 0.122. The van der Waals surface area contributed by atoms with Gasteiger partial charge < -0.3 is 31.1 Å². The van der Waals surface area contributed by atoms with Gasteiger partial charge in [0.05, 0.1) is 16.3 Å². The van der Waals surface area contributed by atoms with Crippen molar-refractivity contribution in [3.8, 4) is 17.1 Å². The van der Waals surface area contributed by atoms with Crippen molar-refractivity contribution >= 4 is 28.8 Å². The van der Waals surface area contributed by atoms with Crippen LogP contribution in [0.1, 0.15) is 37.9 Å². The van der Waals surface area contributed by atoms with Crippen molar-refractivity contribution in [3.63, 3.8) is 0 Å². The number of nitrogens with two attached hydrogens (primary N) is 1. The number of aliphatic hydroxyl groups excluding tert-OH is 1. The molecule has 1 fully saturated rings. The number of piperidine rings is 1. The number of Topliss-reactive ketones (excluding diaryl/α,β-unsaturated/α-hetero) is 1. The van der Waals surface area contributed by atoms with Crippen LogP contribution >= 0.6 is 11.6 Å². The summed E-state index contributed by atoms with van der Waals surface area (Å²) in [4.78, 5) is 24.5. The number of rotatable bonds is 10. The number of nitrogens with zero attached hydrogens (tertiary/aromatic N) is 3. The molecule has 2 heterocycles. The summed E-state index contributed by atoms with van der Waals surface area (Å²) < 4.78 is 5.78. The molecule has 1 aromatic carbocycles. The lowest BCUT2D eigenvalue weighted by molar-refractivity contribution is -0.111. The Bertz CT molecular complexity index is 1110. The lowest BCUT2D eigenvalue weighted by Gasteiger charge is -2.34. The van der Waals surface area contributed by atoms with Crippen LogP contribution in [-0.4, -0.2) is 73.3 Å². The number of benzene rings is 1. The zero-order chi connectivity index (χ0) is 26.4. The fourth-order valence-corrected chi connectivity index (χ4v) is 4.64. The highest BCUT2D eigenvalue weighted by molar-refractivity contribution is 6.33. The maximum atomic E-state index is 12.6. The van der Waals surface area contributed by atoms with Crippen LogP contribution in [0.15, 0.2) is 23.9 Å². The molecule has 2 aromatic rings. The molecule has 1 aromatic heterocycles. The number of carbonyl (C=O) groups excluding carboxylic acids is 1. The summed E-state index contributed by atoms with van der Waals surface area (Å²) in [6.45, 7) is 7.30. The van der Waals surface area contributed by atoms with Gasteiger partial charge in [0.1, 0.15) is 24.3 Å². The van der Waals surface area contributed by atoms with Gasteiger partial charge in [0.25, 0.3) is 0 Å². The number of halogens is 1. The molecule has 0 radical (unpaired) electrons. The third-order valence-corrected chi connectivity index (χ3v) is 6.70. The molecule has 1 aliphatic rings. The summed E-state index contributed by atoms with van der Waals surface area (Å²) in [5.41, 5.74) is 8.79. The Morgan fingerprint density at radius 3 is 2.56 bits per heavy atom. The molecule has 0 amide bonds. The van der Waals surface area contributed by atoms with Gasteiger partial charge in [0, 0.05) is 42.5 Å². The van der Waals surface area contributed by atoms with Gasteiger partial charge in [-0.25, -0.2) is 9.97 Å². The first-order valence-electron chi connectivity index (χ1n) is 12.2. The first kappa shape index (κ1) is 27.9. The van der Waals surface area contributed by atoms with E-state index in [2.05, 4.69) is 15.5 Å². The molecule has 0 spiro atoms. The lowest BCUT2D eigenvalue weighted by Crippen LogP contribution is -2.42. The van der Waals surface area contributed by atoms with E-state index < -0.39 is 6.10 Å². The second-order valence-corrected chi connectivity index (χ2v) is 9.58. The molecule has 0 saturated carbocycles. The highest BCUT2D eigenvalue weighted by Gasteiger charge is 2.26. The van der Waals surface area contributed by atoms with Gasteiger partial charge in [0.2, 0.25) is 0 Å². The first-order valence-corrected chi connectivity index (χ1v) is 12.6. The molecular formula is C26H37ClN6O3. The SMILES string of the molecule is CNC[C@@H](O)COc1ccc(Cl)c(-c2nc(C(C(C)=O)=C(C)N)c(C)c(N3CCC(NC)CC3)n2)c1. The minimum atomic E-state index is -0.653. The number of hydrogen-bond acceptors (Lipinski definition) is 9. The van der Waals surface area contributed by atoms with Gasteiger partial charge in [-0.3, -0.25) is 4.79 Å². The van der Waals surface area contributed by atoms with Crippen LogP contribution < -0.4 is 26.0 Å². The Balaban J connectivity index is 2.10. The third kappa shape index (κ3) is 6.53. The number of ether oxygens (including phenoxy) is 1. The number of likely N-dealkylation sites (N-methyl/N-ethyl adjacent to an activating group) is 1. The molecular weight excluding hydrogens is 480 g/mol. The van der Waals surface area contributed by atoms with E-state index in [-0.39, 0.29) is 12.4 Å². The number of carbonyl (C=O) groups is 1. The van der Waals surface area contributed by atoms with E-state index in [9.17, 15) is 9.90 Å². The number of anilines is 1. The number of allylic oxidation sites excluding steroid dienone is 2. The molecule has 1 saturated heterocycles. The van der Waals surface area contributed by atoms with E-state index >= 15 is 0 Å². The van der Waals surface area contributed by atoms with E-state index in [1.807, 2.05) is 14.0 Å². The summed E-state index contributed by atoms with van der Waals surface area (Å²) in [6, 6.07) is 5.67. The Hall–Kier alpha value is -2.72. The Kier molecular flexibility index (Phi) is 9.67. The highest BCUT2D eigenvalue weighted by Crippen LogP contribution is 2.35. The van der Waals surface area contributed by atoms with Crippen LogP contribution in [0.25, 0.3) is 17.0 Å². The second-order valence-electron chi connectivity index (χ2n) is 9.17. The minimum Gasteiger partial charge on any atom is -0.491 e. The van der Waals surface area contributed by atoms with Crippen molar-refractivity contribution in [3.05, 3.63) is 40.2 Å². The third-order valence-electron chi connectivity index (χ3n) is 6.37. The fourth-order valence-electron chi connectivity index (χ4n) is 4.44. The molecule has 0 bridgehead atoms. The summed E-state index contributed by atoms with van der Waals surface area (Å²) in [7, 11) is 3.75. The van der Waals surface area contributed by atoms with Gasteiger partial charge in [0.15, 0.2) is 11.6 Å². The van der Waals surface area contributed by atoms with Gasteiger partial charge in [-0.05, 0) is 65.9 Å². The lowest BCUT2D eigenvalue weighted by atomic mass is 10.00. The maximum Gasteiger partial charge on any atom is 0.163 e. The Morgan fingerprint density at radius 1 is 1.28 bits per heavy atom. The summed E-state index contributed by atoms with van der Waals surface area (Å²) >= 11 is 6.60. The smallest absolute Gasteiger partial charge is 0.163 e. The van der Waals surface area contributed by atoms with Gasteiger partial charge >= 0.3 is 0 Å². The molecule has 9 nitrogen and oxygen atoms in total. The van der Waals surface area contributed by atoms with E-state index in [0.717, 1.165) is 37.3 Å². The number of hydrogen-bond donors (Lipinski definition) is 4. The van der Waals surface area contributed by atoms with Crippen molar-refractivity contribution in [2.75, 3.05) is 45.2 Å². The summed E-state index contributed by atoms with van der Waals surface area (Å²) in [5, 5.41) is 16.7. The second kappa shape index (κ2) is 12.5. The molecule has 5 N–H and O–H groups in total. The van der Waals surface area contributed by atoms with Gasteiger partial charge in [-0.15, -0.1) is 0 Å². The molecule has 1 atom stereocenters. The number of nitrogens with one attached hydrogen (secondary N) is 2. The van der Waals surface area contributed by atoms with Crippen molar-refractivity contribution in [1.29, 1.82) is 0 Å². The summed E-state index contributed by atoms with van der Waals surface area (Å²) in [5.74, 6) is 1.51. The predicted molar refractivity (Wildman–Crippen MR) is 144 cm³/mol. The Morgan fingerprint density at radius 2 is 1.97 bits per heavy atom. The van der Waals surface area contributed by atoms with Crippen molar-refractivity contribution in [2.45, 2.75) is 45.8 Å². The van der Waals surface area contributed by atoms with E-state index in [1.54, 1.807) is 32.2 Å². The molecule has 36 heavy (non-hydrogen) atoms. The van der Waals surface area contributed by atoms with Crippen LogP contribution in [0.4, 0.5) is 5.82 Å². The monoisotopic (exact) mass is 516 g/mol. The number of ketones is 1. The largest absolute Gasteiger partial charge is 0.491 e. The molecule has 1 aliphatic heterocycles. The standard InChI is InChI=1S/C26H37ClN6O3/c1-15-24(23(16(2)28)17(3)34)31-25(32-26(15)33-10-8-18(30-5)9-11-33)21-12-20(6-7-22(21)27)36-14-19(35)13-29-4/h6-7,12,18-19,29-30,35H,8-11,13-14,28H2,1-5H3/t19-/m1/s1. The maximum absolute atomic E-state index is 12.6. The first-order chi connectivity index (χ1) is 17.2. The molecule has 3 rings (SSSR count). The molecule has 196 valence electrons. The van der Waals surface area contributed by atoms with Crippen LogP contribution in [0, 0.1) is 6.92 Å². The topological polar surface area (TPSA) is 126 Å². The number of aromatic nitrogens is 2. The normalized spacial score (nSPS) is 16.0. The highest BCUT2D eigenvalue weighted by atomic mass is 35.5. The molecule has 0 unspecified atom stereocenters. The Labute approximate surface area is 218 Å². The van der Waals surface area contributed by atoms with Crippen molar-refractivity contribution in [2.24, 2.45) is 5.73 Å². The average molecular weight is 517 g/mol. The van der Waals surface area contributed by atoms with Gasteiger partial charge in [-0.2, -0.15) is 0 Å². The van der Waals surface area contributed by atoms with E-state index in [1.165, 1.54) is 6.92 Å². The average Bonchev–Trinajstić information content (AvgIpc) is 2.84. The zero-order valence-corrected chi connectivity index (χ0v) is 22.4.